The first-order valence-corrected chi connectivity index (χ1v) is 7.80. The lowest BCUT2D eigenvalue weighted by atomic mass is 9.92. The number of β-lactam (4-membered cyclic amide) rings is 1. The lowest BCUT2D eigenvalue weighted by Gasteiger charge is -2.43. The van der Waals surface area contributed by atoms with Crippen LogP contribution in [0.25, 0.3) is 0 Å². The molecule has 0 saturated carbocycles. The van der Waals surface area contributed by atoms with Crippen molar-refractivity contribution in [2.75, 3.05) is 6.61 Å². The van der Waals surface area contributed by atoms with Crippen LogP contribution in [0.5, 0.6) is 5.75 Å². The van der Waals surface area contributed by atoms with Crippen molar-refractivity contribution in [3.63, 3.8) is 0 Å². The van der Waals surface area contributed by atoms with Gasteiger partial charge < -0.3 is 14.9 Å². The summed E-state index contributed by atoms with van der Waals surface area (Å²) in [5, 5.41) is 18.6. The van der Waals surface area contributed by atoms with Crippen LogP contribution in [0.2, 0.25) is 0 Å². The summed E-state index contributed by atoms with van der Waals surface area (Å²) in [7, 11) is 0. The van der Waals surface area contributed by atoms with Crippen molar-refractivity contribution in [2.45, 2.75) is 18.4 Å². The molecule has 0 spiro atoms. The zero-order valence-corrected chi connectivity index (χ0v) is 12.9. The van der Waals surface area contributed by atoms with Crippen molar-refractivity contribution < 1.29 is 28.9 Å². The predicted molar refractivity (Wildman–Crippen MR) is 80.0 cm³/mol. The number of thioether (sulfide) groups is 1. The van der Waals surface area contributed by atoms with Gasteiger partial charge in [0.1, 0.15) is 29.2 Å². The number of aliphatic hydroxyl groups is 1. The quantitative estimate of drug-likeness (QED) is 0.789. The number of carboxylic acids is 1. The van der Waals surface area contributed by atoms with E-state index >= 15 is 0 Å². The number of fused-ring (bicyclic) bond motifs is 1. The number of carbonyl (C=O) groups is 2. The first-order chi connectivity index (χ1) is 10.9. The van der Waals surface area contributed by atoms with E-state index < -0.39 is 35.1 Å². The molecule has 1 saturated heterocycles. The Morgan fingerprint density at radius 3 is 2.65 bits per heavy atom. The molecule has 0 unspecified atom stereocenters. The molecule has 2 heterocycles. The van der Waals surface area contributed by atoms with Gasteiger partial charge in [-0.3, -0.25) is 9.69 Å². The number of benzene rings is 1. The second-order valence-electron chi connectivity index (χ2n) is 5.30. The number of hydrogen-bond donors (Lipinski definition) is 2. The SMILES string of the molecule is C[C@@H](O)[C@H]1C(=O)N2C(C(=O)O)=C(COc3ccc(F)cc3)S[C@H]12. The van der Waals surface area contributed by atoms with Crippen LogP contribution < -0.4 is 4.74 Å². The Labute approximate surface area is 135 Å². The minimum absolute atomic E-state index is 0.0370. The highest BCUT2D eigenvalue weighted by atomic mass is 32.2. The normalized spacial score (nSPS) is 24.3. The van der Waals surface area contributed by atoms with Gasteiger partial charge in [-0.15, -0.1) is 0 Å². The van der Waals surface area contributed by atoms with E-state index in [4.69, 9.17) is 4.74 Å². The summed E-state index contributed by atoms with van der Waals surface area (Å²) >= 11 is 1.20. The van der Waals surface area contributed by atoms with E-state index in [-0.39, 0.29) is 12.3 Å². The standard InChI is InChI=1S/C15H14FNO5S/c1-7(18)11-13(19)17-12(15(20)21)10(23-14(11)17)6-22-9-4-2-8(16)3-5-9/h2-5,7,11,14,18H,6H2,1H3,(H,20,21)/t7-,11+,14-/m1/s1. The average Bonchev–Trinajstić information content (AvgIpc) is 2.81. The minimum Gasteiger partial charge on any atom is -0.488 e. The molecule has 3 atom stereocenters. The predicted octanol–water partition coefficient (Wildman–Crippen LogP) is 1.41. The van der Waals surface area contributed by atoms with Crippen molar-refractivity contribution in [3.05, 3.63) is 40.7 Å². The van der Waals surface area contributed by atoms with Crippen LogP contribution in [0.3, 0.4) is 0 Å². The van der Waals surface area contributed by atoms with E-state index in [1.807, 2.05) is 0 Å². The van der Waals surface area contributed by atoms with Crippen LogP contribution >= 0.6 is 11.8 Å². The van der Waals surface area contributed by atoms with Gasteiger partial charge in [0.05, 0.1) is 16.9 Å². The smallest absolute Gasteiger partial charge is 0.353 e. The fraction of sp³-hybridized carbons (Fsp3) is 0.333. The van der Waals surface area contributed by atoms with Crippen molar-refractivity contribution in [3.8, 4) is 5.75 Å². The van der Waals surface area contributed by atoms with Gasteiger partial charge in [-0.25, -0.2) is 9.18 Å². The largest absolute Gasteiger partial charge is 0.488 e. The van der Waals surface area contributed by atoms with Crippen LogP contribution in [-0.4, -0.2) is 45.1 Å². The third-order valence-corrected chi connectivity index (χ3v) is 5.10. The monoisotopic (exact) mass is 339 g/mol. The van der Waals surface area contributed by atoms with Gasteiger partial charge in [-0.1, -0.05) is 11.8 Å². The van der Waals surface area contributed by atoms with E-state index in [0.717, 1.165) is 0 Å². The highest BCUT2D eigenvalue weighted by Crippen LogP contribution is 2.50. The van der Waals surface area contributed by atoms with Crippen molar-refractivity contribution in [2.24, 2.45) is 5.92 Å². The van der Waals surface area contributed by atoms with Crippen LogP contribution in [0.1, 0.15) is 6.92 Å². The summed E-state index contributed by atoms with van der Waals surface area (Å²) < 4.78 is 18.3. The lowest BCUT2D eigenvalue weighted by Crippen LogP contribution is -2.60. The van der Waals surface area contributed by atoms with Crippen LogP contribution in [-0.2, 0) is 9.59 Å². The number of halogens is 1. The highest BCUT2D eigenvalue weighted by molar-refractivity contribution is 8.04. The van der Waals surface area contributed by atoms with Gasteiger partial charge in [-0.2, -0.15) is 0 Å². The van der Waals surface area contributed by atoms with Crippen molar-refractivity contribution in [1.82, 2.24) is 4.90 Å². The molecule has 6 nitrogen and oxygen atoms in total. The Balaban J connectivity index is 1.77. The molecule has 1 fully saturated rings. The van der Waals surface area contributed by atoms with E-state index in [1.54, 1.807) is 0 Å². The van der Waals surface area contributed by atoms with Gasteiger partial charge in [0.2, 0.25) is 5.91 Å². The molecule has 1 aromatic carbocycles. The molecule has 122 valence electrons. The molecule has 23 heavy (non-hydrogen) atoms. The van der Waals surface area contributed by atoms with Crippen molar-refractivity contribution >= 4 is 23.6 Å². The van der Waals surface area contributed by atoms with Crippen LogP contribution in [0.15, 0.2) is 34.9 Å². The number of rotatable bonds is 5. The number of ether oxygens (including phenoxy) is 1. The average molecular weight is 339 g/mol. The first-order valence-electron chi connectivity index (χ1n) is 6.92. The minimum atomic E-state index is -1.21. The van der Waals surface area contributed by atoms with Gasteiger partial charge in [-0.05, 0) is 31.2 Å². The number of aliphatic carboxylic acids is 1. The zero-order valence-electron chi connectivity index (χ0n) is 12.1. The molecule has 0 aliphatic carbocycles. The Bertz CT molecular complexity index is 688. The third-order valence-electron chi connectivity index (χ3n) is 3.76. The Kier molecular flexibility index (Phi) is 4.03. The molecule has 0 radical (unpaired) electrons. The maximum Gasteiger partial charge on any atom is 0.353 e. The van der Waals surface area contributed by atoms with E-state index in [2.05, 4.69) is 0 Å². The molecule has 2 aliphatic heterocycles. The van der Waals surface area contributed by atoms with Crippen LogP contribution in [0, 0.1) is 11.7 Å². The maximum atomic E-state index is 12.9. The first kappa shape index (κ1) is 15.8. The Morgan fingerprint density at radius 1 is 1.43 bits per heavy atom. The Morgan fingerprint density at radius 2 is 2.09 bits per heavy atom. The fourth-order valence-corrected chi connectivity index (χ4v) is 4.16. The summed E-state index contributed by atoms with van der Waals surface area (Å²) in [6.45, 7) is 1.47. The van der Waals surface area contributed by atoms with Gasteiger partial charge >= 0.3 is 5.97 Å². The number of amides is 1. The zero-order chi connectivity index (χ0) is 16.7. The number of aliphatic hydroxyl groups excluding tert-OH is 1. The molecule has 0 aromatic heterocycles. The molecule has 3 rings (SSSR count). The number of hydrogen-bond acceptors (Lipinski definition) is 5. The molecule has 8 heteroatoms. The van der Waals surface area contributed by atoms with Crippen molar-refractivity contribution in [1.29, 1.82) is 0 Å². The molecular formula is C15H14FNO5S. The molecule has 2 N–H and O–H groups in total. The third kappa shape index (κ3) is 2.68. The Hall–Kier alpha value is -2.06. The second kappa shape index (κ2) is 5.86. The molecule has 1 aromatic rings. The van der Waals surface area contributed by atoms with Gasteiger partial charge in [0, 0.05) is 0 Å². The number of carboxylic acid groups (broad SMARTS) is 1. The summed E-state index contributed by atoms with van der Waals surface area (Å²) in [5.41, 5.74) is -0.107. The molecular weight excluding hydrogens is 325 g/mol. The maximum absolute atomic E-state index is 12.9. The topological polar surface area (TPSA) is 87.1 Å². The lowest BCUT2D eigenvalue weighted by molar-refractivity contribution is -0.156. The highest BCUT2D eigenvalue weighted by Gasteiger charge is 2.57. The van der Waals surface area contributed by atoms with E-state index in [0.29, 0.717) is 10.7 Å². The summed E-state index contributed by atoms with van der Waals surface area (Å²) in [5.74, 6) is -2.22. The fourth-order valence-electron chi connectivity index (χ4n) is 2.63. The summed E-state index contributed by atoms with van der Waals surface area (Å²) in [6.07, 6.45) is -0.844. The van der Waals surface area contributed by atoms with E-state index in [1.165, 1.54) is 47.9 Å². The molecule has 0 bridgehead atoms. The molecule has 1 amide bonds. The number of nitrogens with zero attached hydrogens (tertiary/aromatic N) is 1. The van der Waals surface area contributed by atoms with Gasteiger partial charge in [0.15, 0.2) is 0 Å². The molecule has 2 aliphatic rings. The van der Waals surface area contributed by atoms with E-state index in [9.17, 15) is 24.2 Å². The van der Waals surface area contributed by atoms with Crippen LogP contribution in [0.4, 0.5) is 4.39 Å². The summed E-state index contributed by atoms with van der Waals surface area (Å²) in [4.78, 5) is 25.1. The summed E-state index contributed by atoms with van der Waals surface area (Å²) in [6, 6.07) is 5.36. The number of carbonyl (C=O) groups excluding carboxylic acids is 1. The second-order valence-corrected chi connectivity index (χ2v) is 6.51. The van der Waals surface area contributed by atoms with Gasteiger partial charge in [0.25, 0.3) is 0 Å².